The fraction of sp³-hybridized carbons (Fsp3) is 0.583. The number of pyridine rings is 1. The van der Waals surface area contributed by atoms with Crippen molar-refractivity contribution in [1.82, 2.24) is 4.98 Å². The first-order valence-corrected chi connectivity index (χ1v) is 6.73. The van der Waals surface area contributed by atoms with Crippen LogP contribution in [0.4, 0.5) is 11.5 Å². The van der Waals surface area contributed by atoms with E-state index in [4.69, 9.17) is 0 Å². The van der Waals surface area contributed by atoms with Crippen LogP contribution in [0.5, 0.6) is 0 Å². The Morgan fingerprint density at radius 1 is 1.56 bits per heavy atom. The molecule has 0 spiro atoms. The van der Waals surface area contributed by atoms with E-state index in [1.807, 2.05) is 4.90 Å². The summed E-state index contributed by atoms with van der Waals surface area (Å²) in [6, 6.07) is 1.52. The van der Waals surface area contributed by atoms with Crippen molar-refractivity contribution in [1.29, 1.82) is 0 Å². The Bertz CT molecular complexity index is 476. The summed E-state index contributed by atoms with van der Waals surface area (Å²) in [6.07, 6.45) is 3.81. The van der Waals surface area contributed by atoms with Gasteiger partial charge in [-0.3, -0.25) is 10.1 Å². The van der Waals surface area contributed by atoms with Crippen LogP contribution in [0, 0.1) is 15.5 Å². The minimum atomic E-state index is -0.366. The molecule has 1 aromatic rings. The van der Waals surface area contributed by atoms with Gasteiger partial charge in [-0.05, 0) is 34.2 Å². The Kier molecular flexibility index (Phi) is 3.56. The molecule has 0 amide bonds. The van der Waals surface area contributed by atoms with Crippen molar-refractivity contribution in [3.63, 3.8) is 0 Å². The molecule has 2 rings (SSSR count). The summed E-state index contributed by atoms with van der Waals surface area (Å²) in [5.41, 5.74) is 0.253. The van der Waals surface area contributed by atoms with Gasteiger partial charge in [-0.2, -0.15) is 0 Å². The predicted octanol–water partition coefficient (Wildman–Crippen LogP) is 3.38. The molecular weight excluding hydrogens is 298 g/mol. The average molecular weight is 314 g/mol. The van der Waals surface area contributed by atoms with Crippen molar-refractivity contribution in [2.24, 2.45) is 5.41 Å². The molecular formula is C12H16BrN3O2. The number of aromatic nitrogens is 1. The van der Waals surface area contributed by atoms with Crippen LogP contribution < -0.4 is 4.90 Å². The zero-order valence-electron chi connectivity index (χ0n) is 10.5. The van der Waals surface area contributed by atoms with E-state index in [0.29, 0.717) is 10.3 Å². The molecule has 0 N–H and O–H groups in total. The van der Waals surface area contributed by atoms with Gasteiger partial charge >= 0.3 is 5.69 Å². The average Bonchev–Trinajstić information content (AvgIpc) is 2.27. The van der Waals surface area contributed by atoms with E-state index >= 15 is 0 Å². The molecule has 0 atom stereocenters. The Hall–Kier alpha value is -1.17. The molecule has 2 heterocycles. The Morgan fingerprint density at radius 3 is 2.89 bits per heavy atom. The predicted molar refractivity (Wildman–Crippen MR) is 73.8 cm³/mol. The molecule has 0 saturated carbocycles. The normalized spacial score (nSPS) is 18.7. The van der Waals surface area contributed by atoms with Crippen molar-refractivity contribution in [2.45, 2.75) is 26.7 Å². The van der Waals surface area contributed by atoms with Gasteiger partial charge < -0.3 is 4.90 Å². The first-order chi connectivity index (χ1) is 8.39. The van der Waals surface area contributed by atoms with Crippen molar-refractivity contribution < 1.29 is 4.92 Å². The van der Waals surface area contributed by atoms with Crippen molar-refractivity contribution in [3.05, 3.63) is 26.9 Å². The molecule has 1 aliphatic rings. The fourth-order valence-corrected chi connectivity index (χ4v) is 2.72. The summed E-state index contributed by atoms with van der Waals surface area (Å²) in [5, 5.41) is 11.1. The van der Waals surface area contributed by atoms with E-state index in [1.165, 1.54) is 6.07 Å². The van der Waals surface area contributed by atoms with Gasteiger partial charge in [0.1, 0.15) is 0 Å². The minimum Gasteiger partial charge on any atom is -0.350 e. The topological polar surface area (TPSA) is 59.3 Å². The Balaban J connectivity index is 2.35. The standard InChI is InChI=1S/C12H16BrN3O2/c1-12(2)4-3-5-15(8-12)11-10(16(17)18)6-9(13)7-14-11/h6-7H,3-5,8H2,1-2H3. The monoisotopic (exact) mass is 313 g/mol. The van der Waals surface area contributed by atoms with Gasteiger partial charge in [0.2, 0.25) is 5.82 Å². The molecule has 5 nitrogen and oxygen atoms in total. The fourth-order valence-electron chi connectivity index (χ4n) is 2.40. The molecule has 0 unspecified atom stereocenters. The molecule has 1 aliphatic heterocycles. The summed E-state index contributed by atoms with van der Waals surface area (Å²) in [5.74, 6) is 0.482. The smallest absolute Gasteiger partial charge is 0.312 e. The number of hydrogen-bond donors (Lipinski definition) is 0. The highest BCUT2D eigenvalue weighted by Crippen LogP contribution is 2.35. The molecule has 1 aromatic heterocycles. The van der Waals surface area contributed by atoms with Crippen molar-refractivity contribution >= 4 is 27.4 Å². The number of halogens is 1. The Morgan fingerprint density at radius 2 is 2.28 bits per heavy atom. The number of piperidine rings is 1. The number of anilines is 1. The zero-order valence-corrected chi connectivity index (χ0v) is 12.1. The van der Waals surface area contributed by atoms with Crippen LogP contribution in [0.2, 0.25) is 0 Å². The molecule has 98 valence electrons. The number of nitro groups is 1. The quantitative estimate of drug-likeness (QED) is 0.620. The first kappa shape index (κ1) is 13.3. The molecule has 0 aliphatic carbocycles. The lowest BCUT2D eigenvalue weighted by molar-refractivity contribution is -0.384. The van der Waals surface area contributed by atoms with Gasteiger partial charge in [0.05, 0.1) is 4.92 Å². The van der Waals surface area contributed by atoms with E-state index in [0.717, 1.165) is 25.9 Å². The first-order valence-electron chi connectivity index (χ1n) is 5.94. The number of rotatable bonds is 2. The number of nitrogens with zero attached hydrogens (tertiary/aromatic N) is 3. The molecule has 18 heavy (non-hydrogen) atoms. The van der Waals surface area contributed by atoms with Crippen LogP contribution in [0.1, 0.15) is 26.7 Å². The van der Waals surface area contributed by atoms with Crippen LogP contribution in [-0.2, 0) is 0 Å². The third kappa shape index (κ3) is 2.80. The van der Waals surface area contributed by atoms with Gasteiger partial charge in [0.25, 0.3) is 0 Å². The summed E-state index contributed by atoms with van der Waals surface area (Å²) >= 11 is 3.23. The summed E-state index contributed by atoms with van der Waals surface area (Å²) in [4.78, 5) is 17.0. The van der Waals surface area contributed by atoms with Gasteiger partial charge in [-0.15, -0.1) is 0 Å². The van der Waals surface area contributed by atoms with Crippen molar-refractivity contribution in [3.8, 4) is 0 Å². The van der Waals surface area contributed by atoms with E-state index in [2.05, 4.69) is 34.8 Å². The molecule has 0 aromatic carbocycles. The number of hydrogen-bond acceptors (Lipinski definition) is 4. The van der Waals surface area contributed by atoms with Crippen LogP contribution in [0.25, 0.3) is 0 Å². The van der Waals surface area contributed by atoms with Gasteiger partial charge in [0.15, 0.2) is 0 Å². The van der Waals surface area contributed by atoms with Crippen LogP contribution in [0.3, 0.4) is 0 Å². The minimum absolute atomic E-state index is 0.0714. The van der Waals surface area contributed by atoms with Crippen LogP contribution >= 0.6 is 15.9 Å². The highest BCUT2D eigenvalue weighted by atomic mass is 79.9. The largest absolute Gasteiger partial charge is 0.350 e. The van der Waals surface area contributed by atoms with E-state index in [1.54, 1.807) is 6.20 Å². The molecule has 0 radical (unpaired) electrons. The van der Waals surface area contributed by atoms with Crippen molar-refractivity contribution in [2.75, 3.05) is 18.0 Å². The van der Waals surface area contributed by atoms with Crippen LogP contribution in [0.15, 0.2) is 16.7 Å². The lowest BCUT2D eigenvalue weighted by atomic mass is 9.84. The second-order valence-corrected chi connectivity index (χ2v) is 6.36. The maximum absolute atomic E-state index is 11.1. The molecule has 1 fully saturated rings. The molecule has 1 saturated heterocycles. The molecule has 6 heteroatoms. The van der Waals surface area contributed by atoms with Crippen LogP contribution in [-0.4, -0.2) is 23.0 Å². The summed E-state index contributed by atoms with van der Waals surface area (Å²) in [6.45, 7) is 6.01. The summed E-state index contributed by atoms with van der Waals surface area (Å²) < 4.78 is 0.634. The lowest BCUT2D eigenvalue weighted by Crippen LogP contribution is -2.40. The third-order valence-corrected chi connectivity index (χ3v) is 3.64. The zero-order chi connectivity index (χ0) is 13.3. The highest BCUT2D eigenvalue weighted by Gasteiger charge is 2.30. The lowest BCUT2D eigenvalue weighted by Gasteiger charge is -2.38. The highest BCUT2D eigenvalue weighted by molar-refractivity contribution is 9.10. The second kappa shape index (κ2) is 4.84. The molecule has 0 bridgehead atoms. The SMILES string of the molecule is CC1(C)CCCN(c2ncc(Br)cc2[N+](=O)[O-])C1. The van der Waals surface area contributed by atoms with E-state index < -0.39 is 0 Å². The van der Waals surface area contributed by atoms with E-state index in [-0.39, 0.29) is 16.0 Å². The third-order valence-electron chi connectivity index (χ3n) is 3.21. The van der Waals surface area contributed by atoms with Gasteiger partial charge in [0, 0.05) is 29.8 Å². The van der Waals surface area contributed by atoms with E-state index in [9.17, 15) is 10.1 Å². The van der Waals surface area contributed by atoms with Gasteiger partial charge in [-0.25, -0.2) is 4.98 Å². The Labute approximate surface area is 114 Å². The maximum Gasteiger partial charge on any atom is 0.312 e. The summed E-state index contributed by atoms with van der Waals surface area (Å²) in [7, 11) is 0. The maximum atomic E-state index is 11.1. The second-order valence-electron chi connectivity index (χ2n) is 5.44. The van der Waals surface area contributed by atoms with Gasteiger partial charge in [-0.1, -0.05) is 13.8 Å².